The van der Waals surface area contributed by atoms with Crippen LogP contribution in [0.2, 0.25) is 0 Å². The van der Waals surface area contributed by atoms with Crippen LogP contribution in [-0.2, 0) is 21.7 Å². The molecule has 2 aromatic carbocycles. The van der Waals surface area contributed by atoms with Crippen LogP contribution in [0.25, 0.3) is 32.0 Å². The molecule has 0 aliphatic rings. The summed E-state index contributed by atoms with van der Waals surface area (Å²) in [6, 6.07) is 14.0. The van der Waals surface area contributed by atoms with Crippen molar-refractivity contribution in [3.05, 3.63) is 69.4 Å². The summed E-state index contributed by atoms with van der Waals surface area (Å²) in [6.45, 7) is 27.3. The Labute approximate surface area is 263 Å². The van der Waals surface area contributed by atoms with Gasteiger partial charge in [-0.1, -0.05) is 83.1 Å². The Balaban J connectivity index is 1.98. The average molecular weight is 603 g/mol. The predicted octanol–water partition coefficient (Wildman–Crippen LogP) is 12.0. The summed E-state index contributed by atoms with van der Waals surface area (Å²) >= 11 is 3.66. The summed E-state index contributed by atoms with van der Waals surface area (Å²) in [5.41, 5.74) is 9.83. The van der Waals surface area contributed by atoms with Gasteiger partial charge in [0, 0.05) is 33.4 Å². The molecule has 0 amide bonds. The van der Waals surface area contributed by atoms with Gasteiger partial charge >= 0.3 is 0 Å². The highest BCUT2D eigenvalue weighted by Crippen LogP contribution is 2.50. The molecule has 0 radical (unpaired) electrons. The van der Waals surface area contributed by atoms with E-state index in [1.165, 1.54) is 54.3 Å². The summed E-state index contributed by atoms with van der Waals surface area (Å²) < 4.78 is 12.1. The minimum atomic E-state index is -0.0541. The van der Waals surface area contributed by atoms with Crippen LogP contribution in [0.15, 0.2) is 47.2 Å². The third-order valence-electron chi connectivity index (χ3n) is 7.98. The van der Waals surface area contributed by atoms with Gasteiger partial charge in [0.05, 0.1) is 24.0 Å². The topological polar surface area (TPSA) is 18.5 Å². The number of benzene rings is 2. The second-order valence-electron chi connectivity index (χ2n) is 15.5. The number of thiophene rings is 2. The zero-order valence-electron chi connectivity index (χ0n) is 28.3. The Kier molecular flexibility index (Phi) is 8.61. The lowest BCUT2D eigenvalue weighted by atomic mass is 9.77. The van der Waals surface area contributed by atoms with Gasteiger partial charge in [-0.2, -0.15) is 0 Å². The first kappa shape index (κ1) is 32.4. The van der Waals surface area contributed by atoms with E-state index in [0.717, 1.165) is 11.5 Å². The van der Waals surface area contributed by atoms with E-state index >= 15 is 0 Å². The van der Waals surface area contributed by atoms with Crippen molar-refractivity contribution in [1.29, 1.82) is 0 Å². The molecule has 226 valence electrons. The van der Waals surface area contributed by atoms with E-state index in [9.17, 15) is 0 Å². The Morgan fingerprint density at radius 1 is 0.452 bits per heavy atom. The van der Waals surface area contributed by atoms with E-state index in [1.54, 1.807) is 14.2 Å². The van der Waals surface area contributed by atoms with Crippen LogP contribution in [0.3, 0.4) is 0 Å². The Bertz CT molecular complexity index is 1380. The molecule has 4 rings (SSSR count). The summed E-state index contributed by atoms with van der Waals surface area (Å²) in [5.74, 6) is 2.02. The smallest absolute Gasteiger partial charge is 0.126 e. The van der Waals surface area contributed by atoms with E-state index in [4.69, 9.17) is 9.47 Å². The van der Waals surface area contributed by atoms with Gasteiger partial charge in [-0.3, -0.25) is 0 Å². The van der Waals surface area contributed by atoms with E-state index in [-0.39, 0.29) is 21.7 Å². The van der Waals surface area contributed by atoms with E-state index < -0.39 is 0 Å². The molecule has 0 fully saturated rings. The van der Waals surface area contributed by atoms with Crippen LogP contribution in [0.4, 0.5) is 0 Å². The SMILES string of the molecule is COc1c(C(C)(C)C)cc(-c2ccsc2-c2sccc2-c2cc(C(C)(C)C)c(OC)c(C(C)(C)C)c2)cc1C(C)(C)C. The minimum absolute atomic E-state index is 0.0541. The second-order valence-corrected chi connectivity index (χ2v) is 17.4. The highest BCUT2D eigenvalue weighted by atomic mass is 32.1. The standard InChI is InChI=1S/C38H50O2S2/c1-35(2,3)27-19-23(20-28(31(27)39-13)36(4,5)6)25-15-17-41-33(25)34-26(16-18-42-34)24-21-29(37(7,8)9)32(40-14)30(22-24)38(10,11)12/h15-22H,1-14H3. The fourth-order valence-corrected chi connectivity index (χ4v) is 7.69. The molecule has 4 aromatic rings. The van der Waals surface area contributed by atoms with Crippen LogP contribution in [0.5, 0.6) is 11.5 Å². The van der Waals surface area contributed by atoms with Gasteiger partial charge in [0.15, 0.2) is 0 Å². The monoisotopic (exact) mass is 602 g/mol. The van der Waals surface area contributed by atoms with Crippen molar-refractivity contribution in [3.8, 4) is 43.5 Å². The molecule has 0 aliphatic heterocycles. The van der Waals surface area contributed by atoms with Crippen LogP contribution in [0, 0.1) is 0 Å². The summed E-state index contributed by atoms with van der Waals surface area (Å²) in [6.07, 6.45) is 0. The lowest BCUT2D eigenvalue weighted by molar-refractivity contribution is 0.381. The van der Waals surface area contributed by atoms with Gasteiger partial charge in [-0.15, -0.1) is 22.7 Å². The maximum Gasteiger partial charge on any atom is 0.126 e. The molecule has 2 heterocycles. The maximum atomic E-state index is 6.07. The lowest BCUT2D eigenvalue weighted by Crippen LogP contribution is -2.19. The zero-order chi connectivity index (χ0) is 31.4. The Morgan fingerprint density at radius 3 is 0.929 bits per heavy atom. The molecule has 0 atom stereocenters. The normalized spacial score (nSPS) is 13.0. The van der Waals surface area contributed by atoms with Crippen molar-refractivity contribution in [2.75, 3.05) is 14.2 Å². The van der Waals surface area contributed by atoms with Gasteiger partial charge in [-0.25, -0.2) is 0 Å². The highest BCUT2D eigenvalue weighted by molar-refractivity contribution is 7.21. The number of rotatable bonds is 5. The van der Waals surface area contributed by atoms with Gasteiger partial charge < -0.3 is 9.47 Å². The number of ether oxygens (including phenoxy) is 2. The maximum absolute atomic E-state index is 6.07. The van der Waals surface area contributed by atoms with Gasteiger partial charge in [-0.05, 0) is 79.9 Å². The molecular weight excluding hydrogens is 553 g/mol. The van der Waals surface area contributed by atoms with E-state index in [2.05, 4.69) is 130 Å². The van der Waals surface area contributed by atoms with Gasteiger partial charge in [0.1, 0.15) is 11.5 Å². The molecule has 0 N–H and O–H groups in total. The molecule has 0 unspecified atom stereocenters. The number of hydrogen-bond donors (Lipinski definition) is 0. The predicted molar refractivity (Wildman–Crippen MR) is 186 cm³/mol. The molecule has 0 bridgehead atoms. The lowest BCUT2D eigenvalue weighted by Gasteiger charge is -2.30. The fraction of sp³-hybridized carbons (Fsp3) is 0.474. The molecule has 4 heteroatoms. The number of methoxy groups -OCH3 is 2. The summed E-state index contributed by atoms with van der Waals surface area (Å²) in [4.78, 5) is 2.63. The first-order chi connectivity index (χ1) is 19.3. The third-order valence-corrected chi connectivity index (χ3v) is 9.97. The van der Waals surface area contributed by atoms with Crippen molar-refractivity contribution in [1.82, 2.24) is 0 Å². The largest absolute Gasteiger partial charge is 0.496 e. The van der Waals surface area contributed by atoms with Crippen LogP contribution < -0.4 is 9.47 Å². The second kappa shape index (κ2) is 11.2. The molecule has 0 saturated heterocycles. The van der Waals surface area contributed by atoms with Crippen molar-refractivity contribution in [2.45, 2.75) is 105 Å². The Morgan fingerprint density at radius 2 is 0.714 bits per heavy atom. The Hall–Kier alpha value is -2.56. The summed E-state index contributed by atoms with van der Waals surface area (Å²) in [5, 5.41) is 4.47. The average Bonchev–Trinajstić information content (AvgIpc) is 3.54. The molecular formula is C38H50O2S2. The molecule has 2 aromatic heterocycles. The first-order valence-corrected chi connectivity index (χ1v) is 16.7. The van der Waals surface area contributed by atoms with E-state index in [0.29, 0.717) is 0 Å². The molecule has 0 aliphatic carbocycles. The molecule has 2 nitrogen and oxygen atoms in total. The number of hydrogen-bond acceptors (Lipinski definition) is 4. The zero-order valence-corrected chi connectivity index (χ0v) is 29.9. The summed E-state index contributed by atoms with van der Waals surface area (Å²) in [7, 11) is 3.61. The minimum Gasteiger partial charge on any atom is -0.496 e. The van der Waals surface area contributed by atoms with Crippen LogP contribution in [0.1, 0.15) is 105 Å². The quantitative estimate of drug-likeness (QED) is 0.226. The van der Waals surface area contributed by atoms with Crippen molar-refractivity contribution in [2.24, 2.45) is 0 Å². The van der Waals surface area contributed by atoms with Gasteiger partial charge in [0.25, 0.3) is 0 Å². The molecule has 0 saturated carbocycles. The van der Waals surface area contributed by atoms with E-state index in [1.807, 2.05) is 22.7 Å². The van der Waals surface area contributed by atoms with Crippen molar-refractivity contribution in [3.63, 3.8) is 0 Å². The third kappa shape index (κ3) is 6.21. The van der Waals surface area contributed by atoms with Crippen LogP contribution >= 0.6 is 22.7 Å². The first-order valence-electron chi connectivity index (χ1n) is 14.9. The molecule has 42 heavy (non-hydrogen) atoms. The fourth-order valence-electron chi connectivity index (χ4n) is 5.66. The van der Waals surface area contributed by atoms with Gasteiger partial charge in [0.2, 0.25) is 0 Å². The van der Waals surface area contributed by atoms with Crippen molar-refractivity contribution < 1.29 is 9.47 Å². The van der Waals surface area contributed by atoms with Crippen molar-refractivity contribution >= 4 is 22.7 Å². The highest BCUT2D eigenvalue weighted by Gasteiger charge is 2.30. The van der Waals surface area contributed by atoms with Crippen LogP contribution in [-0.4, -0.2) is 14.2 Å². The molecule has 0 spiro atoms.